The van der Waals surface area contributed by atoms with Crippen LogP contribution in [0.5, 0.6) is 0 Å². The second kappa shape index (κ2) is 6.71. The van der Waals surface area contributed by atoms with Crippen LogP contribution in [0.3, 0.4) is 0 Å². The van der Waals surface area contributed by atoms with Gasteiger partial charge in [-0.2, -0.15) is 0 Å². The summed E-state index contributed by atoms with van der Waals surface area (Å²) in [5.41, 5.74) is 2.41. The summed E-state index contributed by atoms with van der Waals surface area (Å²) in [6, 6.07) is 8.24. The molecule has 0 radical (unpaired) electrons. The topological polar surface area (TPSA) is 23.6 Å². The normalized spacial score (nSPS) is 13.9. The van der Waals surface area contributed by atoms with Crippen molar-refractivity contribution in [2.24, 2.45) is 0 Å². The van der Waals surface area contributed by atoms with Crippen molar-refractivity contribution in [1.29, 1.82) is 0 Å². The Kier molecular flexibility index (Phi) is 4.97. The van der Waals surface area contributed by atoms with E-state index in [0.717, 1.165) is 38.2 Å². The summed E-state index contributed by atoms with van der Waals surface area (Å²) < 4.78 is 0. The Morgan fingerprint density at radius 2 is 2.11 bits per heavy atom. The molecule has 0 saturated heterocycles. The summed E-state index contributed by atoms with van der Waals surface area (Å²) >= 11 is 0. The number of carbonyl (C=O) groups is 1. The van der Waals surface area contributed by atoms with Gasteiger partial charge in [-0.25, -0.2) is 0 Å². The van der Waals surface area contributed by atoms with Crippen LogP contribution in [-0.4, -0.2) is 37.0 Å². The SMILES string of the molecule is CCCCN(CC)CC(=O)N1CCc2ccccc21. The lowest BCUT2D eigenvalue weighted by atomic mass is 10.2. The van der Waals surface area contributed by atoms with Crippen molar-refractivity contribution in [1.82, 2.24) is 4.90 Å². The Balaban J connectivity index is 1.97. The van der Waals surface area contributed by atoms with Gasteiger partial charge in [0.05, 0.1) is 6.54 Å². The molecule has 19 heavy (non-hydrogen) atoms. The van der Waals surface area contributed by atoms with Gasteiger partial charge in [-0.05, 0) is 37.6 Å². The molecule has 0 aromatic heterocycles. The lowest BCUT2D eigenvalue weighted by Gasteiger charge is -2.24. The van der Waals surface area contributed by atoms with Crippen LogP contribution in [-0.2, 0) is 11.2 Å². The maximum atomic E-state index is 12.4. The van der Waals surface area contributed by atoms with E-state index in [0.29, 0.717) is 6.54 Å². The van der Waals surface area contributed by atoms with E-state index < -0.39 is 0 Å². The molecule has 1 aromatic carbocycles. The molecule has 0 spiro atoms. The molecule has 0 aliphatic carbocycles. The number of fused-ring (bicyclic) bond motifs is 1. The van der Waals surface area contributed by atoms with Crippen LogP contribution in [0.25, 0.3) is 0 Å². The van der Waals surface area contributed by atoms with Gasteiger partial charge in [-0.1, -0.05) is 38.5 Å². The largest absolute Gasteiger partial charge is 0.311 e. The van der Waals surface area contributed by atoms with Crippen molar-refractivity contribution in [3.8, 4) is 0 Å². The molecule has 1 aliphatic heterocycles. The van der Waals surface area contributed by atoms with Crippen LogP contribution in [0.15, 0.2) is 24.3 Å². The maximum Gasteiger partial charge on any atom is 0.241 e. The molecule has 1 heterocycles. The average molecular weight is 260 g/mol. The number of carbonyl (C=O) groups excluding carboxylic acids is 1. The summed E-state index contributed by atoms with van der Waals surface area (Å²) in [4.78, 5) is 16.6. The number of hydrogen-bond acceptors (Lipinski definition) is 2. The summed E-state index contributed by atoms with van der Waals surface area (Å²) in [5, 5.41) is 0. The standard InChI is InChI=1S/C16H24N2O/c1-3-5-11-17(4-2)13-16(19)18-12-10-14-8-6-7-9-15(14)18/h6-9H,3-5,10-13H2,1-2H3. The number of para-hydroxylation sites is 1. The lowest BCUT2D eigenvalue weighted by molar-refractivity contribution is -0.119. The zero-order valence-corrected chi connectivity index (χ0v) is 12.1. The Morgan fingerprint density at radius 3 is 2.84 bits per heavy atom. The van der Waals surface area contributed by atoms with Gasteiger partial charge in [-0.3, -0.25) is 9.69 Å². The summed E-state index contributed by atoms with van der Waals surface area (Å²) in [7, 11) is 0. The van der Waals surface area contributed by atoms with Gasteiger partial charge in [0.2, 0.25) is 5.91 Å². The number of amides is 1. The van der Waals surface area contributed by atoms with Crippen LogP contribution in [0.4, 0.5) is 5.69 Å². The number of anilines is 1. The average Bonchev–Trinajstić information content (AvgIpc) is 2.87. The quantitative estimate of drug-likeness (QED) is 0.785. The van der Waals surface area contributed by atoms with Crippen molar-refractivity contribution in [2.75, 3.05) is 31.1 Å². The summed E-state index contributed by atoms with van der Waals surface area (Å²) in [6.45, 7) is 7.66. The van der Waals surface area contributed by atoms with Crippen LogP contribution >= 0.6 is 0 Å². The Morgan fingerprint density at radius 1 is 1.32 bits per heavy atom. The van der Waals surface area contributed by atoms with Crippen molar-refractivity contribution in [3.05, 3.63) is 29.8 Å². The highest BCUT2D eigenvalue weighted by atomic mass is 16.2. The highest BCUT2D eigenvalue weighted by Crippen LogP contribution is 2.27. The fourth-order valence-corrected chi connectivity index (χ4v) is 2.60. The molecule has 0 saturated carbocycles. The van der Waals surface area contributed by atoms with E-state index in [1.807, 2.05) is 17.0 Å². The third-order valence-electron chi connectivity index (χ3n) is 3.82. The molecular formula is C16H24N2O. The Hall–Kier alpha value is -1.35. The van der Waals surface area contributed by atoms with E-state index >= 15 is 0 Å². The van der Waals surface area contributed by atoms with Crippen LogP contribution in [0.2, 0.25) is 0 Å². The molecule has 104 valence electrons. The first-order valence-electron chi connectivity index (χ1n) is 7.36. The molecule has 3 nitrogen and oxygen atoms in total. The fourth-order valence-electron chi connectivity index (χ4n) is 2.60. The molecule has 0 bridgehead atoms. The molecule has 0 fully saturated rings. The highest BCUT2D eigenvalue weighted by molar-refractivity contribution is 5.96. The second-order valence-corrected chi connectivity index (χ2v) is 5.15. The van der Waals surface area contributed by atoms with E-state index in [1.165, 1.54) is 12.0 Å². The number of nitrogens with zero attached hydrogens (tertiary/aromatic N) is 2. The summed E-state index contributed by atoms with van der Waals surface area (Å²) in [6.07, 6.45) is 3.33. The molecule has 1 aromatic rings. The predicted molar refractivity (Wildman–Crippen MR) is 79.5 cm³/mol. The van der Waals surface area contributed by atoms with Crippen molar-refractivity contribution in [2.45, 2.75) is 33.1 Å². The number of rotatable bonds is 6. The predicted octanol–water partition coefficient (Wildman–Crippen LogP) is 2.70. The number of unbranched alkanes of at least 4 members (excludes halogenated alkanes) is 1. The molecule has 0 unspecified atom stereocenters. The van der Waals surface area contributed by atoms with E-state index in [-0.39, 0.29) is 5.91 Å². The molecule has 2 rings (SSSR count). The molecule has 0 N–H and O–H groups in total. The Labute approximate surface area is 116 Å². The summed E-state index contributed by atoms with van der Waals surface area (Å²) in [5.74, 6) is 0.239. The van der Waals surface area contributed by atoms with Gasteiger partial charge in [-0.15, -0.1) is 0 Å². The second-order valence-electron chi connectivity index (χ2n) is 5.15. The van der Waals surface area contributed by atoms with Gasteiger partial charge in [0.25, 0.3) is 0 Å². The minimum absolute atomic E-state index is 0.239. The zero-order valence-electron chi connectivity index (χ0n) is 12.1. The van der Waals surface area contributed by atoms with Crippen molar-refractivity contribution >= 4 is 11.6 Å². The Bertz CT molecular complexity index is 431. The van der Waals surface area contributed by atoms with E-state index in [9.17, 15) is 4.79 Å². The first-order valence-corrected chi connectivity index (χ1v) is 7.36. The number of hydrogen-bond donors (Lipinski definition) is 0. The van der Waals surface area contributed by atoms with Gasteiger partial charge < -0.3 is 4.90 Å². The van der Waals surface area contributed by atoms with E-state index in [2.05, 4.69) is 30.9 Å². The van der Waals surface area contributed by atoms with Crippen LogP contribution < -0.4 is 4.90 Å². The number of likely N-dealkylation sites (N-methyl/N-ethyl adjacent to an activating group) is 1. The first-order chi connectivity index (χ1) is 9.26. The van der Waals surface area contributed by atoms with Crippen LogP contribution in [0, 0.1) is 0 Å². The third-order valence-corrected chi connectivity index (χ3v) is 3.82. The molecular weight excluding hydrogens is 236 g/mol. The first kappa shape index (κ1) is 14.1. The maximum absolute atomic E-state index is 12.4. The van der Waals surface area contributed by atoms with E-state index in [1.54, 1.807) is 0 Å². The van der Waals surface area contributed by atoms with Gasteiger partial charge in [0.1, 0.15) is 0 Å². The number of benzene rings is 1. The smallest absolute Gasteiger partial charge is 0.241 e. The fraction of sp³-hybridized carbons (Fsp3) is 0.562. The zero-order chi connectivity index (χ0) is 13.7. The lowest BCUT2D eigenvalue weighted by Crippen LogP contribution is -2.40. The van der Waals surface area contributed by atoms with Gasteiger partial charge >= 0.3 is 0 Å². The molecule has 3 heteroatoms. The minimum Gasteiger partial charge on any atom is -0.311 e. The van der Waals surface area contributed by atoms with Crippen molar-refractivity contribution in [3.63, 3.8) is 0 Å². The van der Waals surface area contributed by atoms with E-state index in [4.69, 9.17) is 0 Å². The monoisotopic (exact) mass is 260 g/mol. The van der Waals surface area contributed by atoms with Gasteiger partial charge in [0.15, 0.2) is 0 Å². The molecule has 1 amide bonds. The van der Waals surface area contributed by atoms with Gasteiger partial charge in [0, 0.05) is 12.2 Å². The van der Waals surface area contributed by atoms with Crippen LogP contribution in [0.1, 0.15) is 32.3 Å². The molecule has 0 atom stereocenters. The third kappa shape index (κ3) is 3.35. The molecule has 1 aliphatic rings. The highest BCUT2D eigenvalue weighted by Gasteiger charge is 2.24. The van der Waals surface area contributed by atoms with Crippen molar-refractivity contribution < 1.29 is 4.79 Å². The minimum atomic E-state index is 0.239.